The number of rotatable bonds is 2. The number of aromatic nitrogens is 2. The zero-order chi connectivity index (χ0) is 16.6. The van der Waals surface area contributed by atoms with Crippen molar-refractivity contribution in [3.8, 4) is 5.69 Å². The Hall–Kier alpha value is -2.14. The number of likely N-dealkylation sites (tertiary alicyclic amines) is 1. The molecule has 0 N–H and O–H groups in total. The average molecular weight is 332 g/mol. The van der Waals surface area contributed by atoms with E-state index in [0.29, 0.717) is 30.2 Å². The van der Waals surface area contributed by atoms with E-state index in [9.17, 15) is 9.59 Å². The van der Waals surface area contributed by atoms with Gasteiger partial charge < -0.3 is 4.90 Å². The average Bonchev–Trinajstić information content (AvgIpc) is 2.91. The first-order valence-electron chi connectivity index (χ1n) is 7.60. The zero-order valence-electron chi connectivity index (χ0n) is 13.1. The second-order valence-corrected chi connectivity index (χ2v) is 6.33. The van der Waals surface area contributed by atoms with Gasteiger partial charge in [0.15, 0.2) is 5.69 Å². The number of para-hydroxylation sites is 1. The van der Waals surface area contributed by atoms with Gasteiger partial charge in [0.1, 0.15) is 5.78 Å². The van der Waals surface area contributed by atoms with Crippen molar-refractivity contribution < 1.29 is 9.59 Å². The molecule has 1 aromatic carbocycles. The second-order valence-electron chi connectivity index (χ2n) is 5.93. The van der Waals surface area contributed by atoms with E-state index < -0.39 is 0 Å². The van der Waals surface area contributed by atoms with Gasteiger partial charge in [0, 0.05) is 37.2 Å². The summed E-state index contributed by atoms with van der Waals surface area (Å²) >= 11 is 6.19. The summed E-state index contributed by atoms with van der Waals surface area (Å²) in [5.41, 5.74) is 1.93. The van der Waals surface area contributed by atoms with Crippen LogP contribution in [0.25, 0.3) is 5.69 Å². The molecule has 120 valence electrons. The number of nitrogens with zero attached hydrogens (tertiary/aromatic N) is 3. The Morgan fingerprint density at radius 3 is 2.78 bits per heavy atom. The van der Waals surface area contributed by atoms with E-state index in [2.05, 4.69) is 5.10 Å². The van der Waals surface area contributed by atoms with E-state index in [-0.39, 0.29) is 17.6 Å². The molecule has 23 heavy (non-hydrogen) atoms. The van der Waals surface area contributed by atoms with Gasteiger partial charge >= 0.3 is 0 Å². The molecular formula is C17H18ClN3O2. The molecular weight excluding hydrogens is 314 g/mol. The molecule has 0 bridgehead atoms. The number of Topliss-reactive ketones (excluding diaryl/α,β-unsaturated/α-hetero) is 1. The minimum atomic E-state index is -0.132. The molecule has 0 spiro atoms. The van der Waals surface area contributed by atoms with Gasteiger partial charge in [0.25, 0.3) is 5.91 Å². The van der Waals surface area contributed by atoms with Gasteiger partial charge in [0.2, 0.25) is 0 Å². The summed E-state index contributed by atoms with van der Waals surface area (Å²) in [5, 5.41) is 4.99. The normalized spacial score (nSPS) is 18.3. The van der Waals surface area contributed by atoms with E-state index >= 15 is 0 Å². The Kier molecular flexibility index (Phi) is 4.22. The van der Waals surface area contributed by atoms with E-state index in [0.717, 1.165) is 11.3 Å². The fourth-order valence-corrected chi connectivity index (χ4v) is 3.00. The van der Waals surface area contributed by atoms with Crippen molar-refractivity contribution >= 4 is 23.3 Å². The summed E-state index contributed by atoms with van der Waals surface area (Å²) in [6.07, 6.45) is 2.21. The van der Waals surface area contributed by atoms with Crippen molar-refractivity contribution in [1.29, 1.82) is 0 Å². The van der Waals surface area contributed by atoms with Crippen molar-refractivity contribution in [2.75, 3.05) is 13.1 Å². The van der Waals surface area contributed by atoms with Gasteiger partial charge in [-0.2, -0.15) is 5.10 Å². The molecule has 5 nitrogen and oxygen atoms in total. The lowest BCUT2D eigenvalue weighted by atomic mass is 9.98. The number of hydrogen-bond acceptors (Lipinski definition) is 3. The van der Waals surface area contributed by atoms with Crippen molar-refractivity contribution in [3.63, 3.8) is 0 Å². The fourth-order valence-electron chi connectivity index (χ4n) is 2.78. The molecule has 1 fully saturated rings. The van der Waals surface area contributed by atoms with Gasteiger partial charge in [-0.05, 0) is 19.1 Å². The third-order valence-corrected chi connectivity index (χ3v) is 4.48. The summed E-state index contributed by atoms with van der Waals surface area (Å²) < 4.78 is 1.63. The summed E-state index contributed by atoms with van der Waals surface area (Å²) in [6.45, 7) is 4.62. The van der Waals surface area contributed by atoms with Crippen LogP contribution >= 0.6 is 11.6 Å². The van der Waals surface area contributed by atoms with Crippen LogP contribution < -0.4 is 0 Å². The number of hydrogen-bond donors (Lipinski definition) is 0. The number of carbonyl (C=O) groups excluding carboxylic acids is 2. The second kappa shape index (κ2) is 6.16. The first-order valence-corrected chi connectivity index (χ1v) is 7.98. The molecule has 0 saturated carbocycles. The lowest BCUT2D eigenvalue weighted by Gasteiger charge is -2.29. The predicted molar refractivity (Wildman–Crippen MR) is 88.0 cm³/mol. The lowest BCUT2D eigenvalue weighted by Crippen LogP contribution is -2.43. The lowest BCUT2D eigenvalue weighted by molar-refractivity contribution is -0.124. The summed E-state index contributed by atoms with van der Waals surface area (Å²) in [6, 6.07) is 7.36. The van der Waals surface area contributed by atoms with Gasteiger partial charge in [-0.1, -0.05) is 30.7 Å². The highest BCUT2D eigenvalue weighted by Crippen LogP contribution is 2.22. The third-order valence-electron chi connectivity index (χ3n) is 4.16. The molecule has 0 radical (unpaired) electrons. The Morgan fingerprint density at radius 1 is 1.35 bits per heavy atom. The topological polar surface area (TPSA) is 55.2 Å². The van der Waals surface area contributed by atoms with Crippen LogP contribution in [0.2, 0.25) is 5.02 Å². The summed E-state index contributed by atoms with van der Waals surface area (Å²) in [7, 11) is 0. The molecule has 6 heteroatoms. The molecule has 1 atom stereocenters. The Balaban J connectivity index is 1.88. The minimum absolute atomic E-state index is 0.112. The van der Waals surface area contributed by atoms with Crippen LogP contribution in [-0.2, 0) is 4.79 Å². The molecule has 1 amide bonds. The highest BCUT2D eigenvalue weighted by molar-refractivity contribution is 6.32. The molecule has 1 saturated heterocycles. The third kappa shape index (κ3) is 3.01. The Bertz CT molecular complexity index is 769. The highest BCUT2D eigenvalue weighted by atomic mass is 35.5. The monoisotopic (exact) mass is 331 g/mol. The van der Waals surface area contributed by atoms with Crippen LogP contribution in [0.4, 0.5) is 0 Å². The number of benzene rings is 1. The first-order chi connectivity index (χ1) is 11.0. The highest BCUT2D eigenvalue weighted by Gasteiger charge is 2.29. The number of amides is 1. The quantitative estimate of drug-likeness (QED) is 0.850. The molecule has 2 aromatic rings. The minimum Gasteiger partial charge on any atom is -0.336 e. The SMILES string of the molecule is Cc1cn(-c2ccccc2Cl)nc1C(=O)N1CCC(=O)C(C)C1. The maximum absolute atomic E-state index is 12.7. The number of carbonyl (C=O) groups is 2. The molecule has 2 heterocycles. The summed E-state index contributed by atoms with van der Waals surface area (Å²) in [4.78, 5) is 26.0. The van der Waals surface area contributed by atoms with Crippen molar-refractivity contribution in [2.45, 2.75) is 20.3 Å². The van der Waals surface area contributed by atoms with Crippen molar-refractivity contribution in [1.82, 2.24) is 14.7 Å². The van der Waals surface area contributed by atoms with Crippen LogP contribution in [0.1, 0.15) is 29.4 Å². The van der Waals surface area contributed by atoms with E-state index in [1.54, 1.807) is 21.8 Å². The zero-order valence-corrected chi connectivity index (χ0v) is 13.9. The molecule has 0 aliphatic carbocycles. The molecule has 1 aliphatic heterocycles. The number of ketones is 1. The maximum atomic E-state index is 12.7. The number of halogens is 1. The van der Waals surface area contributed by atoms with Gasteiger partial charge in [-0.15, -0.1) is 0 Å². The smallest absolute Gasteiger partial charge is 0.274 e. The van der Waals surface area contributed by atoms with Gasteiger partial charge in [-0.3, -0.25) is 9.59 Å². The van der Waals surface area contributed by atoms with E-state index in [1.807, 2.05) is 32.0 Å². The first kappa shape index (κ1) is 15.7. The molecule has 1 aliphatic rings. The maximum Gasteiger partial charge on any atom is 0.274 e. The van der Waals surface area contributed by atoms with Crippen LogP contribution in [0.15, 0.2) is 30.5 Å². The predicted octanol–water partition coefficient (Wildman–Crippen LogP) is 2.89. The molecule has 1 aromatic heterocycles. The molecule has 3 rings (SSSR count). The standard InChI is InChI=1S/C17H18ClN3O2/c1-11-9-20(8-7-15(11)22)17(23)16-12(2)10-21(19-16)14-6-4-3-5-13(14)18/h3-6,10-11H,7-9H2,1-2H3. The van der Waals surface area contributed by atoms with Crippen LogP contribution in [0.3, 0.4) is 0 Å². The van der Waals surface area contributed by atoms with Crippen molar-refractivity contribution in [3.05, 3.63) is 46.7 Å². The van der Waals surface area contributed by atoms with Gasteiger partial charge in [0.05, 0.1) is 10.7 Å². The Morgan fingerprint density at radius 2 is 2.09 bits per heavy atom. The Labute approximate surface area is 139 Å². The van der Waals surface area contributed by atoms with Crippen LogP contribution in [0, 0.1) is 12.8 Å². The number of aryl methyl sites for hydroxylation is 1. The van der Waals surface area contributed by atoms with Crippen molar-refractivity contribution in [2.24, 2.45) is 5.92 Å². The summed E-state index contributed by atoms with van der Waals surface area (Å²) in [5.74, 6) is -0.0290. The van der Waals surface area contributed by atoms with E-state index in [1.165, 1.54) is 0 Å². The largest absolute Gasteiger partial charge is 0.336 e. The van der Waals surface area contributed by atoms with Gasteiger partial charge in [-0.25, -0.2) is 4.68 Å². The fraction of sp³-hybridized carbons (Fsp3) is 0.353. The van der Waals surface area contributed by atoms with Crippen LogP contribution in [-0.4, -0.2) is 39.5 Å². The van der Waals surface area contributed by atoms with Crippen LogP contribution in [0.5, 0.6) is 0 Å². The number of piperidine rings is 1. The van der Waals surface area contributed by atoms with E-state index in [4.69, 9.17) is 11.6 Å². The molecule has 1 unspecified atom stereocenters.